The maximum absolute atomic E-state index is 12.0. The van der Waals surface area contributed by atoms with Crippen molar-refractivity contribution in [3.05, 3.63) is 34.9 Å². The fourth-order valence-electron chi connectivity index (χ4n) is 1.91. The Morgan fingerprint density at radius 1 is 1.37 bits per heavy atom. The quantitative estimate of drug-likeness (QED) is 0.855. The number of likely N-dealkylation sites (N-methyl/N-ethyl adjacent to an activating group) is 1. The third-order valence-electron chi connectivity index (χ3n) is 3.55. The van der Waals surface area contributed by atoms with Crippen molar-refractivity contribution < 1.29 is 4.79 Å². The van der Waals surface area contributed by atoms with Gasteiger partial charge in [-0.2, -0.15) is 0 Å². The Labute approximate surface area is 117 Å². The first-order valence-electron chi connectivity index (χ1n) is 6.97. The molecular formula is C16H26N2O. The number of amides is 1. The lowest BCUT2D eigenvalue weighted by Crippen LogP contribution is -2.38. The van der Waals surface area contributed by atoms with E-state index in [1.165, 1.54) is 16.7 Å². The maximum atomic E-state index is 12.0. The Morgan fingerprint density at radius 2 is 2.05 bits per heavy atom. The van der Waals surface area contributed by atoms with Crippen molar-refractivity contribution in [1.82, 2.24) is 10.2 Å². The zero-order chi connectivity index (χ0) is 14.4. The molecule has 0 aromatic heterocycles. The van der Waals surface area contributed by atoms with Crippen LogP contribution in [-0.2, 0) is 11.3 Å². The summed E-state index contributed by atoms with van der Waals surface area (Å²) in [5.41, 5.74) is 3.72. The summed E-state index contributed by atoms with van der Waals surface area (Å²) in [4.78, 5) is 13.8. The lowest BCUT2D eigenvalue weighted by molar-refractivity contribution is -0.129. The molecule has 1 aromatic carbocycles. The number of hydrogen-bond donors (Lipinski definition) is 1. The van der Waals surface area contributed by atoms with E-state index < -0.39 is 0 Å². The molecule has 19 heavy (non-hydrogen) atoms. The van der Waals surface area contributed by atoms with Gasteiger partial charge in [-0.1, -0.05) is 30.7 Å². The first-order chi connectivity index (χ1) is 8.93. The molecule has 0 fully saturated rings. The molecule has 1 atom stereocenters. The predicted molar refractivity (Wildman–Crippen MR) is 80.1 cm³/mol. The van der Waals surface area contributed by atoms with Gasteiger partial charge in [-0.25, -0.2) is 0 Å². The van der Waals surface area contributed by atoms with Crippen LogP contribution in [0.5, 0.6) is 0 Å². The molecule has 0 heterocycles. The number of carbonyl (C=O) groups is 1. The Morgan fingerprint density at radius 3 is 2.63 bits per heavy atom. The summed E-state index contributed by atoms with van der Waals surface area (Å²) in [6.45, 7) is 9.47. The topological polar surface area (TPSA) is 32.3 Å². The van der Waals surface area contributed by atoms with E-state index in [4.69, 9.17) is 0 Å². The number of aryl methyl sites for hydroxylation is 2. The third kappa shape index (κ3) is 5.03. The van der Waals surface area contributed by atoms with Gasteiger partial charge in [-0.15, -0.1) is 0 Å². The van der Waals surface area contributed by atoms with Crippen molar-refractivity contribution >= 4 is 5.91 Å². The van der Waals surface area contributed by atoms with Crippen LogP contribution in [0.4, 0.5) is 0 Å². The number of benzene rings is 1. The van der Waals surface area contributed by atoms with Gasteiger partial charge in [0.15, 0.2) is 0 Å². The molecule has 1 rings (SSSR count). The first-order valence-corrected chi connectivity index (χ1v) is 6.97. The van der Waals surface area contributed by atoms with Crippen LogP contribution in [0.15, 0.2) is 18.2 Å². The van der Waals surface area contributed by atoms with E-state index in [1.54, 1.807) is 4.90 Å². The van der Waals surface area contributed by atoms with Crippen LogP contribution in [0, 0.1) is 13.8 Å². The SMILES string of the molecule is CCC(C)NCC(=O)N(C)Cc1ccc(C)cc1C. The summed E-state index contributed by atoms with van der Waals surface area (Å²) < 4.78 is 0. The molecule has 0 bridgehead atoms. The molecule has 1 aromatic rings. The average Bonchev–Trinajstić information content (AvgIpc) is 2.38. The summed E-state index contributed by atoms with van der Waals surface area (Å²) in [6, 6.07) is 6.75. The van der Waals surface area contributed by atoms with E-state index in [0.717, 1.165) is 6.42 Å². The number of rotatable bonds is 6. The third-order valence-corrected chi connectivity index (χ3v) is 3.55. The highest BCUT2D eigenvalue weighted by Gasteiger charge is 2.11. The van der Waals surface area contributed by atoms with Crippen molar-refractivity contribution in [3.63, 3.8) is 0 Å². The summed E-state index contributed by atoms with van der Waals surface area (Å²) in [7, 11) is 1.86. The summed E-state index contributed by atoms with van der Waals surface area (Å²) in [6.07, 6.45) is 1.04. The van der Waals surface area contributed by atoms with Crippen LogP contribution in [-0.4, -0.2) is 30.4 Å². The van der Waals surface area contributed by atoms with E-state index in [0.29, 0.717) is 19.1 Å². The van der Waals surface area contributed by atoms with E-state index in [-0.39, 0.29) is 5.91 Å². The fraction of sp³-hybridized carbons (Fsp3) is 0.562. The molecule has 0 radical (unpaired) electrons. The van der Waals surface area contributed by atoms with Gasteiger partial charge in [0.1, 0.15) is 0 Å². The minimum Gasteiger partial charge on any atom is -0.340 e. The van der Waals surface area contributed by atoms with Crippen LogP contribution >= 0.6 is 0 Å². The van der Waals surface area contributed by atoms with Gasteiger partial charge >= 0.3 is 0 Å². The summed E-state index contributed by atoms with van der Waals surface area (Å²) >= 11 is 0. The molecule has 0 aliphatic carbocycles. The summed E-state index contributed by atoms with van der Waals surface area (Å²) in [5, 5.41) is 3.23. The van der Waals surface area contributed by atoms with Crippen LogP contribution < -0.4 is 5.32 Å². The Hall–Kier alpha value is -1.35. The maximum Gasteiger partial charge on any atom is 0.236 e. The molecule has 1 N–H and O–H groups in total. The van der Waals surface area contributed by atoms with Crippen LogP contribution in [0.2, 0.25) is 0 Å². The largest absolute Gasteiger partial charge is 0.340 e. The van der Waals surface area contributed by atoms with Gasteiger partial charge in [-0.3, -0.25) is 4.79 Å². The highest BCUT2D eigenvalue weighted by atomic mass is 16.2. The number of carbonyl (C=O) groups excluding carboxylic acids is 1. The number of nitrogens with one attached hydrogen (secondary N) is 1. The zero-order valence-electron chi connectivity index (χ0n) is 12.8. The van der Waals surface area contributed by atoms with Gasteiger partial charge in [0.25, 0.3) is 0 Å². The molecule has 0 spiro atoms. The van der Waals surface area contributed by atoms with Gasteiger partial charge in [0.05, 0.1) is 6.54 Å². The second-order valence-electron chi connectivity index (χ2n) is 5.37. The molecule has 0 saturated carbocycles. The Bertz CT molecular complexity index is 429. The molecule has 0 aliphatic heterocycles. The van der Waals surface area contributed by atoms with Crippen molar-refractivity contribution in [2.24, 2.45) is 0 Å². The molecule has 0 saturated heterocycles. The lowest BCUT2D eigenvalue weighted by atomic mass is 10.1. The molecule has 106 valence electrons. The number of nitrogens with zero attached hydrogens (tertiary/aromatic N) is 1. The highest BCUT2D eigenvalue weighted by molar-refractivity contribution is 5.78. The molecule has 1 amide bonds. The lowest BCUT2D eigenvalue weighted by Gasteiger charge is -2.20. The van der Waals surface area contributed by atoms with Gasteiger partial charge in [-0.05, 0) is 38.3 Å². The van der Waals surface area contributed by atoms with E-state index >= 15 is 0 Å². The molecule has 3 nitrogen and oxygen atoms in total. The molecule has 1 unspecified atom stereocenters. The highest BCUT2D eigenvalue weighted by Crippen LogP contribution is 2.12. The van der Waals surface area contributed by atoms with Crippen LogP contribution in [0.3, 0.4) is 0 Å². The summed E-state index contributed by atoms with van der Waals surface area (Å²) in [5.74, 6) is 0.139. The van der Waals surface area contributed by atoms with Crippen molar-refractivity contribution in [2.75, 3.05) is 13.6 Å². The van der Waals surface area contributed by atoms with Crippen molar-refractivity contribution in [3.8, 4) is 0 Å². The minimum absolute atomic E-state index is 0.139. The van der Waals surface area contributed by atoms with Gasteiger partial charge < -0.3 is 10.2 Å². The van der Waals surface area contributed by atoms with Gasteiger partial charge in [0.2, 0.25) is 5.91 Å². The predicted octanol–water partition coefficient (Wildman–Crippen LogP) is 2.65. The first kappa shape index (κ1) is 15.7. The smallest absolute Gasteiger partial charge is 0.236 e. The average molecular weight is 262 g/mol. The second-order valence-corrected chi connectivity index (χ2v) is 5.37. The van der Waals surface area contributed by atoms with Crippen LogP contribution in [0.25, 0.3) is 0 Å². The molecular weight excluding hydrogens is 236 g/mol. The zero-order valence-corrected chi connectivity index (χ0v) is 12.8. The Kier molecular flexibility index (Phi) is 6.03. The fourth-order valence-corrected chi connectivity index (χ4v) is 1.91. The molecule has 0 aliphatic rings. The second kappa shape index (κ2) is 7.29. The van der Waals surface area contributed by atoms with E-state index in [9.17, 15) is 4.79 Å². The monoisotopic (exact) mass is 262 g/mol. The van der Waals surface area contributed by atoms with E-state index in [2.05, 4.69) is 51.2 Å². The van der Waals surface area contributed by atoms with Crippen molar-refractivity contribution in [1.29, 1.82) is 0 Å². The van der Waals surface area contributed by atoms with Crippen LogP contribution in [0.1, 0.15) is 37.0 Å². The molecule has 3 heteroatoms. The number of hydrogen-bond acceptors (Lipinski definition) is 2. The van der Waals surface area contributed by atoms with Crippen molar-refractivity contribution in [2.45, 2.75) is 46.7 Å². The minimum atomic E-state index is 0.139. The standard InChI is InChI=1S/C16H26N2O/c1-6-14(4)17-10-16(19)18(5)11-15-8-7-12(2)9-13(15)3/h7-9,14,17H,6,10-11H2,1-5H3. The van der Waals surface area contributed by atoms with E-state index in [1.807, 2.05) is 7.05 Å². The normalized spacial score (nSPS) is 12.3. The Balaban J connectivity index is 2.54. The van der Waals surface area contributed by atoms with Gasteiger partial charge in [0, 0.05) is 19.6 Å².